The zero-order valence-electron chi connectivity index (χ0n) is 12.5. The van der Waals surface area contributed by atoms with E-state index in [2.05, 4.69) is 57.3 Å². The fourth-order valence-electron chi connectivity index (χ4n) is 1.99. The second kappa shape index (κ2) is 6.71. The van der Waals surface area contributed by atoms with E-state index in [9.17, 15) is 4.79 Å². The van der Waals surface area contributed by atoms with E-state index in [0.29, 0.717) is 12.5 Å². The average Bonchev–Trinajstić information content (AvgIpc) is 2.44. The summed E-state index contributed by atoms with van der Waals surface area (Å²) in [5.74, 6) is 0.485. The molecule has 0 saturated carbocycles. The maximum atomic E-state index is 11.2. The highest BCUT2D eigenvalue weighted by Crippen LogP contribution is 2.25. The number of carbonyl (C=O) groups is 1. The Bertz CT molecular complexity index is 409. The summed E-state index contributed by atoms with van der Waals surface area (Å²) in [6.07, 6.45) is 1.15. The van der Waals surface area contributed by atoms with Crippen LogP contribution in [0.15, 0.2) is 24.3 Å². The fraction of sp³-hybridized carbons (Fsp3) is 0.562. The first kappa shape index (κ1) is 15.7. The highest BCUT2D eigenvalue weighted by atomic mass is 16.1. The van der Waals surface area contributed by atoms with Crippen molar-refractivity contribution in [2.24, 2.45) is 5.73 Å². The molecule has 1 aromatic rings. The summed E-state index contributed by atoms with van der Waals surface area (Å²) in [6, 6.07) is 8.71. The minimum Gasteiger partial charge on any atom is -0.354 e. The number of hydrogen-bond donors (Lipinski definition) is 2. The maximum absolute atomic E-state index is 11.2. The van der Waals surface area contributed by atoms with Gasteiger partial charge in [-0.1, -0.05) is 52.0 Å². The van der Waals surface area contributed by atoms with Gasteiger partial charge in [0.15, 0.2) is 0 Å². The molecular weight excluding hydrogens is 236 g/mol. The van der Waals surface area contributed by atoms with Crippen LogP contribution in [0.4, 0.5) is 0 Å². The number of hydrogen-bond acceptors (Lipinski definition) is 2. The molecule has 3 heteroatoms. The maximum Gasteiger partial charge on any atom is 0.233 e. The van der Waals surface area contributed by atoms with Gasteiger partial charge in [-0.05, 0) is 23.5 Å². The van der Waals surface area contributed by atoms with Crippen molar-refractivity contribution in [1.82, 2.24) is 5.32 Å². The molecular formula is C16H26N2O. The molecule has 3 nitrogen and oxygen atoms in total. The van der Waals surface area contributed by atoms with Crippen molar-refractivity contribution < 1.29 is 4.79 Å². The minimum atomic E-state index is -0.107. The van der Waals surface area contributed by atoms with E-state index in [-0.39, 0.29) is 17.9 Å². The molecule has 1 rings (SSSR count). The molecule has 0 saturated heterocycles. The van der Waals surface area contributed by atoms with Crippen molar-refractivity contribution in [3.63, 3.8) is 0 Å². The summed E-state index contributed by atoms with van der Waals surface area (Å²) < 4.78 is 0. The molecule has 0 aromatic heterocycles. The van der Waals surface area contributed by atoms with Crippen LogP contribution in [0.5, 0.6) is 0 Å². The first-order chi connectivity index (χ1) is 8.90. The summed E-state index contributed by atoms with van der Waals surface area (Å²) >= 11 is 0. The molecule has 0 aliphatic heterocycles. The lowest BCUT2D eigenvalue weighted by Gasteiger charge is -2.26. The topological polar surface area (TPSA) is 55.1 Å². The lowest BCUT2D eigenvalue weighted by molar-refractivity contribution is -0.119. The van der Waals surface area contributed by atoms with Gasteiger partial charge in [-0.2, -0.15) is 0 Å². The molecule has 1 amide bonds. The monoisotopic (exact) mass is 262 g/mol. The Hall–Kier alpha value is -1.35. The zero-order valence-corrected chi connectivity index (χ0v) is 12.5. The summed E-state index contributed by atoms with van der Waals surface area (Å²) in [6.45, 7) is 9.34. The van der Waals surface area contributed by atoms with E-state index in [1.54, 1.807) is 0 Å². The van der Waals surface area contributed by atoms with E-state index < -0.39 is 0 Å². The lowest BCUT2D eigenvalue weighted by Crippen LogP contribution is -2.39. The molecule has 0 fully saturated rings. The van der Waals surface area contributed by atoms with Gasteiger partial charge in [-0.15, -0.1) is 0 Å². The van der Waals surface area contributed by atoms with Crippen molar-refractivity contribution in [2.75, 3.05) is 13.1 Å². The first-order valence-electron chi connectivity index (χ1n) is 6.98. The standard InChI is InChI=1S/C16H26N2O/c1-5-12(2)13-6-8-14(9-7-13)16(3,4)11-18-15(19)10-17/h6-9,12H,5,10-11,17H2,1-4H3,(H,18,19). The molecule has 1 atom stereocenters. The van der Waals surface area contributed by atoms with Gasteiger partial charge in [0.05, 0.1) is 6.54 Å². The molecule has 0 aliphatic carbocycles. The third kappa shape index (κ3) is 4.35. The van der Waals surface area contributed by atoms with Crippen molar-refractivity contribution in [2.45, 2.75) is 45.4 Å². The largest absolute Gasteiger partial charge is 0.354 e. The van der Waals surface area contributed by atoms with Crippen LogP contribution in [0.25, 0.3) is 0 Å². The van der Waals surface area contributed by atoms with Gasteiger partial charge in [-0.3, -0.25) is 4.79 Å². The van der Waals surface area contributed by atoms with Crippen LogP contribution in [-0.4, -0.2) is 19.0 Å². The Balaban J connectivity index is 2.75. The van der Waals surface area contributed by atoms with E-state index >= 15 is 0 Å². The summed E-state index contributed by atoms with van der Waals surface area (Å²) in [4.78, 5) is 11.2. The van der Waals surface area contributed by atoms with Gasteiger partial charge < -0.3 is 11.1 Å². The van der Waals surface area contributed by atoms with E-state index in [1.807, 2.05) is 0 Å². The highest BCUT2D eigenvalue weighted by molar-refractivity contribution is 5.77. The van der Waals surface area contributed by atoms with E-state index in [1.165, 1.54) is 11.1 Å². The Morgan fingerprint density at radius 2 is 1.89 bits per heavy atom. The molecule has 0 spiro atoms. The summed E-state index contributed by atoms with van der Waals surface area (Å²) in [5.41, 5.74) is 7.81. The number of rotatable bonds is 6. The second-order valence-electron chi connectivity index (χ2n) is 5.80. The smallest absolute Gasteiger partial charge is 0.233 e. The van der Waals surface area contributed by atoms with Gasteiger partial charge >= 0.3 is 0 Å². The fourth-order valence-corrected chi connectivity index (χ4v) is 1.99. The second-order valence-corrected chi connectivity index (χ2v) is 5.80. The van der Waals surface area contributed by atoms with Gasteiger partial charge in [0.1, 0.15) is 0 Å². The highest BCUT2D eigenvalue weighted by Gasteiger charge is 2.21. The van der Waals surface area contributed by atoms with Gasteiger partial charge in [0.25, 0.3) is 0 Å². The van der Waals surface area contributed by atoms with Gasteiger partial charge in [-0.25, -0.2) is 0 Å². The van der Waals surface area contributed by atoms with Gasteiger partial charge in [0.2, 0.25) is 5.91 Å². The molecule has 1 aromatic carbocycles. The van der Waals surface area contributed by atoms with Crippen molar-refractivity contribution in [1.29, 1.82) is 0 Å². The SMILES string of the molecule is CCC(C)c1ccc(C(C)(C)CNC(=O)CN)cc1. The molecule has 106 valence electrons. The molecule has 0 aliphatic rings. The quantitative estimate of drug-likeness (QED) is 0.828. The number of benzene rings is 1. The molecule has 1 unspecified atom stereocenters. The van der Waals surface area contributed by atoms with E-state index in [4.69, 9.17) is 5.73 Å². The third-order valence-corrected chi connectivity index (χ3v) is 3.79. The molecule has 0 heterocycles. The van der Waals surface area contributed by atoms with Crippen LogP contribution in [0.2, 0.25) is 0 Å². The normalized spacial score (nSPS) is 13.1. The van der Waals surface area contributed by atoms with Crippen LogP contribution in [0.3, 0.4) is 0 Å². The number of nitrogens with one attached hydrogen (secondary N) is 1. The van der Waals surface area contributed by atoms with Crippen LogP contribution in [0.1, 0.15) is 51.2 Å². The zero-order chi connectivity index (χ0) is 14.5. The van der Waals surface area contributed by atoms with Crippen LogP contribution in [0, 0.1) is 0 Å². The number of nitrogens with two attached hydrogens (primary N) is 1. The van der Waals surface area contributed by atoms with Crippen LogP contribution in [-0.2, 0) is 10.2 Å². The van der Waals surface area contributed by atoms with Gasteiger partial charge in [0, 0.05) is 12.0 Å². The number of amides is 1. The Labute approximate surface area is 116 Å². The van der Waals surface area contributed by atoms with Crippen LogP contribution >= 0.6 is 0 Å². The predicted octanol–water partition coefficient (Wildman–Crippen LogP) is 2.55. The Morgan fingerprint density at radius 1 is 1.32 bits per heavy atom. The molecule has 3 N–H and O–H groups in total. The predicted molar refractivity (Wildman–Crippen MR) is 80.2 cm³/mol. The molecule has 19 heavy (non-hydrogen) atoms. The minimum absolute atomic E-state index is 0.0447. The summed E-state index contributed by atoms with van der Waals surface area (Å²) in [7, 11) is 0. The summed E-state index contributed by atoms with van der Waals surface area (Å²) in [5, 5.41) is 2.86. The van der Waals surface area contributed by atoms with Crippen molar-refractivity contribution >= 4 is 5.91 Å². The molecule has 0 radical (unpaired) electrons. The first-order valence-corrected chi connectivity index (χ1v) is 6.98. The van der Waals surface area contributed by atoms with Crippen molar-refractivity contribution in [3.05, 3.63) is 35.4 Å². The lowest BCUT2D eigenvalue weighted by atomic mass is 9.83. The molecule has 0 bridgehead atoms. The van der Waals surface area contributed by atoms with Crippen LogP contribution < -0.4 is 11.1 Å². The number of carbonyl (C=O) groups excluding carboxylic acids is 1. The third-order valence-electron chi connectivity index (χ3n) is 3.79. The van der Waals surface area contributed by atoms with Crippen molar-refractivity contribution in [3.8, 4) is 0 Å². The Morgan fingerprint density at radius 3 is 2.37 bits per heavy atom. The average molecular weight is 262 g/mol. The Kier molecular flexibility index (Phi) is 5.55. The van der Waals surface area contributed by atoms with E-state index in [0.717, 1.165) is 6.42 Å².